The van der Waals surface area contributed by atoms with Crippen molar-refractivity contribution in [2.45, 2.75) is 27.2 Å². The number of nitrogens with one attached hydrogen (secondary N) is 1. The molecule has 0 bridgehead atoms. The average Bonchev–Trinajstić information content (AvgIpc) is 1.63. The number of nitrogens with two attached hydrogens (primary N) is 1. The Balaban J connectivity index is 3.50. The molecule has 0 rings (SSSR count). The fourth-order valence-electron chi connectivity index (χ4n) is 0.583. The molecule has 3 N–H and O–H groups in total. The van der Waals surface area contributed by atoms with E-state index < -0.39 is 0 Å². The van der Waals surface area contributed by atoms with Crippen molar-refractivity contribution in [2.24, 2.45) is 17.6 Å². The van der Waals surface area contributed by atoms with Crippen LogP contribution in [0.3, 0.4) is 0 Å². The third kappa shape index (κ3) is 4.01. The topological polar surface area (TPSA) is 49.9 Å². The monoisotopic (exact) mass is 128 g/mol. The van der Waals surface area contributed by atoms with Crippen LogP contribution in [0, 0.1) is 17.2 Å². The van der Waals surface area contributed by atoms with Gasteiger partial charge in [0.05, 0.1) is 5.84 Å². The van der Waals surface area contributed by atoms with Crippen molar-refractivity contribution in [3.05, 3.63) is 0 Å². The molecule has 1 atom stereocenters. The minimum atomic E-state index is 0.302. The molecule has 0 aliphatic heterocycles. The number of rotatable bonds is 3. The first kappa shape index (κ1) is 8.47. The van der Waals surface area contributed by atoms with Crippen molar-refractivity contribution in [1.82, 2.24) is 0 Å². The highest BCUT2D eigenvalue weighted by atomic mass is 14.7. The molecule has 0 amide bonds. The number of amidine groups is 1. The smallest absolute Gasteiger partial charge is 0.0908 e. The standard InChI is InChI=1S/C7H16N2/c1-5(2)6(3)4-7(8)9/h5-6H,4H2,1-3H3,(H3,8,9). The van der Waals surface area contributed by atoms with Crippen molar-refractivity contribution >= 4 is 5.84 Å². The highest BCUT2D eigenvalue weighted by Crippen LogP contribution is 2.12. The summed E-state index contributed by atoms with van der Waals surface area (Å²) < 4.78 is 0. The van der Waals surface area contributed by atoms with Crippen molar-refractivity contribution in [3.8, 4) is 0 Å². The van der Waals surface area contributed by atoms with E-state index in [1.54, 1.807) is 0 Å². The number of hydrogen-bond donors (Lipinski definition) is 2. The molecular formula is C7H16N2. The lowest BCUT2D eigenvalue weighted by Crippen LogP contribution is -2.16. The largest absolute Gasteiger partial charge is 0.388 e. The SMILES string of the molecule is CC(C)C(C)CC(=N)N. The average molecular weight is 128 g/mol. The second kappa shape index (κ2) is 3.49. The third-order valence-corrected chi connectivity index (χ3v) is 1.68. The van der Waals surface area contributed by atoms with Gasteiger partial charge in [-0.15, -0.1) is 0 Å². The molecule has 9 heavy (non-hydrogen) atoms. The fourth-order valence-corrected chi connectivity index (χ4v) is 0.583. The maximum absolute atomic E-state index is 7.00. The molecule has 2 nitrogen and oxygen atoms in total. The maximum atomic E-state index is 7.00. The Labute approximate surface area is 57.0 Å². The van der Waals surface area contributed by atoms with Crippen LogP contribution in [0.4, 0.5) is 0 Å². The van der Waals surface area contributed by atoms with Gasteiger partial charge in [-0.2, -0.15) is 0 Å². The van der Waals surface area contributed by atoms with Gasteiger partial charge < -0.3 is 5.73 Å². The summed E-state index contributed by atoms with van der Waals surface area (Å²) in [5, 5.41) is 7.00. The predicted octanol–water partition coefficient (Wildman–Crippen LogP) is 1.60. The lowest BCUT2D eigenvalue weighted by molar-refractivity contribution is 0.432. The summed E-state index contributed by atoms with van der Waals surface area (Å²) in [6.07, 6.45) is 0.734. The van der Waals surface area contributed by atoms with E-state index in [2.05, 4.69) is 20.8 Å². The molecule has 0 saturated heterocycles. The number of hydrogen-bond acceptors (Lipinski definition) is 1. The lowest BCUT2D eigenvalue weighted by atomic mass is 9.94. The zero-order valence-corrected chi connectivity index (χ0v) is 6.44. The molecule has 0 aromatic rings. The Morgan fingerprint density at radius 3 is 2.00 bits per heavy atom. The predicted molar refractivity (Wildman–Crippen MR) is 40.5 cm³/mol. The van der Waals surface area contributed by atoms with Gasteiger partial charge in [0.2, 0.25) is 0 Å². The molecule has 0 radical (unpaired) electrons. The van der Waals surface area contributed by atoms with Crippen LogP contribution in [0.25, 0.3) is 0 Å². The van der Waals surface area contributed by atoms with E-state index in [0.717, 1.165) is 6.42 Å². The van der Waals surface area contributed by atoms with E-state index in [9.17, 15) is 0 Å². The molecule has 0 fully saturated rings. The van der Waals surface area contributed by atoms with Gasteiger partial charge in [-0.3, -0.25) is 5.41 Å². The Hall–Kier alpha value is -0.530. The van der Waals surface area contributed by atoms with Gasteiger partial charge in [-0.05, 0) is 11.8 Å². The summed E-state index contributed by atoms with van der Waals surface area (Å²) in [4.78, 5) is 0. The minimum Gasteiger partial charge on any atom is -0.388 e. The third-order valence-electron chi connectivity index (χ3n) is 1.68. The first-order valence-electron chi connectivity index (χ1n) is 3.37. The molecule has 0 spiro atoms. The van der Waals surface area contributed by atoms with Gasteiger partial charge in [0.1, 0.15) is 0 Å². The van der Waals surface area contributed by atoms with Gasteiger partial charge in [-0.25, -0.2) is 0 Å². The summed E-state index contributed by atoms with van der Waals surface area (Å²) in [6, 6.07) is 0. The van der Waals surface area contributed by atoms with Gasteiger partial charge in [0.25, 0.3) is 0 Å². The van der Waals surface area contributed by atoms with Crippen LogP contribution in [0.15, 0.2) is 0 Å². The summed E-state index contributed by atoms with van der Waals surface area (Å²) in [7, 11) is 0. The quantitative estimate of drug-likeness (QED) is 0.440. The van der Waals surface area contributed by atoms with Crippen molar-refractivity contribution < 1.29 is 0 Å². The second-order valence-corrected chi connectivity index (χ2v) is 2.95. The summed E-state index contributed by atoms with van der Waals surface area (Å²) in [6.45, 7) is 6.41. The van der Waals surface area contributed by atoms with Crippen LogP contribution in [-0.4, -0.2) is 5.84 Å². The first-order chi connectivity index (χ1) is 4.04. The molecule has 1 unspecified atom stereocenters. The zero-order valence-electron chi connectivity index (χ0n) is 6.44. The Bertz CT molecular complexity index is 97.1. The Morgan fingerprint density at radius 2 is 1.89 bits per heavy atom. The molecule has 0 heterocycles. The van der Waals surface area contributed by atoms with Crippen molar-refractivity contribution in [1.29, 1.82) is 5.41 Å². The summed E-state index contributed by atoms with van der Waals surface area (Å²) in [5.41, 5.74) is 5.21. The van der Waals surface area contributed by atoms with E-state index >= 15 is 0 Å². The molecule has 2 heteroatoms. The van der Waals surface area contributed by atoms with E-state index in [0.29, 0.717) is 17.7 Å². The van der Waals surface area contributed by atoms with Gasteiger partial charge >= 0.3 is 0 Å². The Morgan fingerprint density at radius 1 is 1.44 bits per heavy atom. The first-order valence-corrected chi connectivity index (χ1v) is 3.37. The highest BCUT2D eigenvalue weighted by Gasteiger charge is 2.06. The van der Waals surface area contributed by atoms with E-state index in [4.69, 9.17) is 11.1 Å². The van der Waals surface area contributed by atoms with E-state index in [1.807, 2.05) is 0 Å². The molecule has 0 aromatic carbocycles. The normalized spacial score (nSPS) is 13.8. The van der Waals surface area contributed by atoms with Gasteiger partial charge in [0.15, 0.2) is 0 Å². The van der Waals surface area contributed by atoms with Crippen molar-refractivity contribution in [2.75, 3.05) is 0 Å². The van der Waals surface area contributed by atoms with Crippen LogP contribution in [0.5, 0.6) is 0 Å². The summed E-state index contributed by atoms with van der Waals surface area (Å²) >= 11 is 0. The molecular weight excluding hydrogens is 112 g/mol. The Kier molecular flexibility index (Phi) is 3.28. The molecule has 0 aromatic heterocycles. The highest BCUT2D eigenvalue weighted by molar-refractivity contribution is 5.77. The van der Waals surface area contributed by atoms with Crippen LogP contribution in [-0.2, 0) is 0 Å². The van der Waals surface area contributed by atoms with Gasteiger partial charge in [0, 0.05) is 6.42 Å². The maximum Gasteiger partial charge on any atom is 0.0908 e. The lowest BCUT2D eigenvalue weighted by Gasteiger charge is -2.13. The molecule has 0 aliphatic rings. The molecule has 0 saturated carbocycles. The zero-order chi connectivity index (χ0) is 7.44. The minimum absolute atomic E-state index is 0.302. The summed E-state index contributed by atoms with van der Waals surface area (Å²) in [5.74, 6) is 1.48. The van der Waals surface area contributed by atoms with E-state index in [-0.39, 0.29) is 0 Å². The van der Waals surface area contributed by atoms with Crippen LogP contribution in [0.2, 0.25) is 0 Å². The second-order valence-electron chi connectivity index (χ2n) is 2.95. The van der Waals surface area contributed by atoms with Crippen molar-refractivity contribution in [3.63, 3.8) is 0 Å². The molecule has 0 aliphatic carbocycles. The molecule has 54 valence electrons. The van der Waals surface area contributed by atoms with Gasteiger partial charge in [-0.1, -0.05) is 20.8 Å². The van der Waals surface area contributed by atoms with Crippen LogP contribution in [0.1, 0.15) is 27.2 Å². The van der Waals surface area contributed by atoms with Crippen LogP contribution >= 0.6 is 0 Å². The fraction of sp³-hybridized carbons (Fsp3) is 0.857. The van der Waals surface area contributed by atoms with Crippen LogP contribution < -0.4 is 5.73 Å². The van der Waals surface area contributed by atoms with E-state index in [1.165, 1.54) is 0 Å².